The maximum absolute atomic E-state index is 13.0. The van der Waals surface area contributed by atoms with Crippen LogP contribution in [0.15, 0.2) is 24.3 Å². The largest absolute Gasteiger partial charge is 0.381 e. The Morgan fingerprint density at radius 2 is 1.73 bits per heavy atom. The zero-order chi connectivity index (χ0) is 15.4. The van der Waals surface area contributed by atoms with Gasteiger partial charge in [-0.3, -0.25) is 4.79 Å². The Morgan fingerprint density at radius 3 is 2.36 bits per heavy atom. The molecular formula is C17H23FN2O2. The first-order valence-corrected chi connectivity index (χ1v) is 8.08. The summed E-state index contributed by atoms with van der Waals surface area (Å²) in [6.07, 6.45) is 2.66. The van der Waals surface area contributed by atoms with Crippen LogP contribution in [-0.4, -0.2) is 50.2 Å². The lowest BCUT2D eigenvalue weighted by Crippen LogP contribution is -2.49. The van der Waals surface area contributed by atoms with Gasteiger partial charge in [0.2, 0.25) is 5.91 Å². The third kappa shape index (κ3) is 3.77. The quantitative estimate of drug-likeness (QED) is 0.859. The number of ether oxygens (including phenoxy) is 1. The van der Waals surface area contributed by atoms with Crippen LogP contribution in [0.5, 0.6) is 0 Å². The van der Waals surface area contributed by atoms with Crippen LogP contribution in [0.3, 0.4) is 0 Å². The van der Waals surface area contributed by atoms with Crippen LogP contribution in [0.25, 0.3) is 0 Å². The molecule has 5 heteroatoms. The Balaban J connectivity index is 1.48. The lowest BCUT2D eigenvalue weighted by atomic mass is 9.96. The minimum Gasteiger partial charge on any atom is -0.381 e. The number of piperazine rings is 1. The Bertz CT molecular complexity index is 492. The van der Waals surface area contributed by atoms with Gasteiger partial charge < -0.3 is 14.5 Å². The number of hydrogen-bond acceptors (Lipinski definition) is 3. The first kappa shape index (κ1) is 15.3. The summed E-state index contributed by atoms with van der Waals surface area (Å²) in [7, 11) is 0. The number of carbonyl (C=O) groups excluding carboxylic acids is 1. The number of benzene rings is 1. The highest BCUT2D eigenvalue weighted by Crippen LogP contribution is 2.21. The van der Waals surface area contributed by atoms with Crippen molar-refractivity contribution in [3.8, 4) is 0 Å². The van der Waals surface area contributed by atoms with Gasteiger partial charge in [-0.05, 0) is 43.0 Å². The van der Waals surface area contributed by atoms with E-state index in [0.29, 0.717) is 12.3 Å². The summed E-state index contributed by atoms with van der Waals surface area (Å²) >= 11 is 0. The number of anilines is 1. The molecule has 0 unspecified atom stereocenters. The average Bonchev–Trinajstić information content (AvgIpc) is 2.57. The molecule has 2 aliphatic heterocycles. The summed E-state index contributed by atoms with van der Waals surface area (Å²) < 4.78 is 18.3. The van der Waals surface area contributed by atoms with Gasteiger partial charge in [-0.25, -0.2) is 4.39 Å². The van der Waals surface area contributed by atoms with E-state index in [4.69, 9.17) is 4.74 Å². The molecule has 0 radical (unpaired) electrons. The summed E-state index contributed by atoms with van der Waals surface area (Å²) in [6, 6.07) is 6.57. The first-order valence-electron chi connectivity index (χ1n) is 8.08. The van der Waals surface area contributed by atoms with Gasteiger partial charge in [-0.1, -0.05) is 0 Å². The summed E-state index contributed by atoms with van der Waals surface area (Å²) in [5.74, 6) is 0.538. The number of rotatable bonds is 3. The highest BCUT2D eigenvalue weighted by Gasteiger charge is 2.24. The van der Waals surface area contributed by atoms with Gasteiger partial charge in [-0.2, -0.15) is 0 Å². The van der Waals surface area contributed by atoms with Crippen molar-refractivity contribution in [3.05, 3.63) is 30.1 Å². The SMILES string of the molecule is O=C(CC1CCOCC1)N1CCN(c2ccc(F)cc2)CC1. The Labute approximate surface area is 130 Å². The van der Waals surface area contributed by atoms with E-state index in [1.54, 1.807) is 12.1 Å². The van der Waals surface area contributed by atoms with E-state index in [-0.39, 0.29) is 11.7 Å². The Kier molecular flexibility index (Phi) is 4.93. The standard InChI is InChI=1S/C17H23FN2O2/c18-15-1-3-16(4-2-15)19-7-9-20(10-8-19)17(21)13-14-5-11-22-12-6-14/h1-4,14H,5-13H2. The molecule has 0 spiro atoms. The van der Waals surface area contributed by atoms with E-state index in [1.807, 2.05) is 4.90 Å². The molecule has 0 N–H and O–H groups in total. The second-order valence-electron chi connectivity index (χ2n) is 6.10. The number of amides is 1. The zero-order valence-electron chi connectivity index (χ0n) is 12.8. The zero-order valence-corrected chi connectivity index (χ0v) is 12.8. The number of halogens is 1. The predicted octanol–water partition coefficient (Wildman–Crippen LogP) is 2.29. The summed E-state index contributed by atoms with van der Waals surface area (Å²) in [5.41, 5.74) is 1.03. The van der Waals surface area contributed by atoms with E-state index < -0.39 is 0 Å². The predicted molar refractivity (Wildman–Crippen MR) is 83.4 cm³/mol. The van der Waals surface area contributed by atoms with E-state index in [0.717, 1.165) is 57.9 Å². The molecule has 22 heavy (non-hydrogen) atoms. The fourth-order valence-electron chi connectivity index (χ4n) is 3.19. The van der Waals surface area contributed by atoms with Gasteiger partial charge in [0, 0.05) is 51.5 Å². The van der Waals surface area contributed by atoms with Gasteiger partial charge >= 0.3 is 0 Å². The molecule has 4 nitrogen and oxygen atoms in total. The Morgan fingerprint density at radius 1 is 1.09 bits per heavy atom. The molecule has 0 atom stereocenters. The number of hydrogen-bond donors (Lipinski definition) is 0. The van der Waals surface area contributed by atoms with E-state index >= 15 is 0 Å². The van der Waals surface area contributed by atoms with Crippen molar-refractivity contribution < 1.29 is 13.9 Å². The lowest BCUT2D eigenvalue weighted by molar-refractivity contribution is -0.133. The number of nitrogens with zero attached hydrogens (tertiary/aromatic N) is 2. The van der Waals surface area contributed by atoms with Crippen molar-refractivity contribution >= 4 is 11.6 Å². The number of carbonyl (C=O) groups is 1. The van der Waals surface area contributed by atoms with Crippen molar-refractivity contribution in [2.75, 3.05) is 44.3 Å². The minimum atomic E-state index is -0.214. The van der Waals surface area contributed by atoms with E-state index in [1.165, 1.54) is 12.1 Å². The molecule has 2 aliphatic rings. The van der Waals surface area contributed by atoms with Crippen molar-refractivity contribution in [2.45, 2.75) is 19.3 Å². The van der Waals surface area contributed by atoms with Gasteiger partial charge in [0.15, 0.2) is 0 Å². The van der Waals surface area contributed by atoms with Crippen molar-refractivity contribution in [1.82, 2.24) is 4.90 Å². The van der Waals surface area contributed by atoms with E-state index in [2.05, 4.69) is 4.90 Å². The van der Waals surface area contributed by atoms with Crippen molar-refractivity contribution in [1.29, 1.82) is 0 Å². The second-order valence-corrected chi connectivity index (χ2v) is 6.10. The third-order valence-electron chi connectivity index (χ3n) is 4.63. The van der Waals surface area contributed by atoms with Crippen LogP contribution in [0.1, 0.15) is 19.3 Å². The maximum Gasteiger partial charge on any atom is 0.222 e. The summed E-state index contributed by atoms with van der Waals surface area (Å²) in [4.78, 5) is 16.5. The molecule has 0 aliphatic carbocycles. The molecule has 2 fully saturated rings. The normalized spacial score (nSPS) is 20.2. The van der Waals surface area contributed by atoms with Crippen LogP contribution >= 0.6 is 0 Å². The second kappa shape index (κ2) is 7.09. The highest BCUT2D eigenvalue weighted by molar-refractivity contribution is 5.76. The lowest BCUT2D eigenvalue weighted by Gasteiger charge is -2.37. The summed E-state index contributed by atoms with van der Waals surface area (Å²) in [5, 5.41) is 0. The average molecular weight is 306 g/mol. The monoisotopic (exact) mass is 306 g/mol. The fraction of sp³-hybridized carbons (Fsp3) is 0.588. The first-order chi connectivity index (χ1) is 10.7. The third-order valence-corrected chi connectivity index (χ3v) is 4.63. The molecule has 1 amide bonds. The van der Waals surface area contributed by atoms with Gasteiger partial charge in [0.1, 0.15) is 5.82 Å². The maximum atomic E-state index is 13.0. The van der Waals surface area contributed by atoms with Crippen molar-refractivity contribution in [3.63, 3.8) is 0 Å². The smallest absolute Gasteiger partial charge is 0.222 e. The van der Waals surface area contributed by atoms with Crippen molar-refractivity contribution in [2.24, 2.45) is 5.92 Å². The minimum absolute atomic E-state index is 0.214. The molecule has 0 aromatic heterocycles. The molecule has 3 rings (SSSR count). The highest BCUT2D eigenvalue weighted by atomic mass is 19.1. The van der Waals surface area contributed by atoms with Crippen LogP contribution in [0.2, 0.25) is 0 Å². The van der Waals surface area contributed by atoms with Gasteiger partial charge in [0.05, 0.1) is 0 Å². The Hall–Kier alpha value is -1.62. The molecule has 1 aromatic carbocycles. The topological polar surface area (TPSA) is 32.8 Å². The molecule has 0 bridgehead atoms. The molecule has 2 saturated heterocycles. The van der Waals surface area contributed by atoms with Crippen LogP contribution in [0.4, 0.5) is 10.1 Å². The molecule has 1 aromatic rings. The summed E-state index contributed by atoms with van der Waals surface area (Å²) in [6.45, 7) is 4.70. The van der Waals surface area contributed by atoms with Crippen LogP contribution < -0.4 is 4.90 Å². The fourth-order valence-corrected chi connectivity index (χ4v) is 3.19. The molecule has 2 heterocycles. The molecular weight excluding hydrogens is 283 g/mol. The van der Waals surface area contributed by atoms with E-state index in [9.17, 15) is 9.18 Å². The molecule has 0 saturated carbocycles. The van der Waals surface area contributed by atoms with Crippen LogP contribution in [-0.2, 0) is 9.53 Å². The molecule has 120 valence electrons. The van der Waals surface area contributed by atoms with Gasteiger partial charge in [0.25, 0.3) is 0 Å². The van der Waals surface area contributed by atoms with Crippen LogP contribution in [0, 0.1) is 11.7 Å². The van der Waals surface area contributed by atoms with Gasteiger partial charge in [-0.15, -0.1) is 0 Å².